The second-order valence-electron chi connectivity index (χ2n) is 3.98. The fourth-order valence-electron chi connectivity index (χ4n) is 1.66. The molecule has 3 rings (SSSR count). The Hall–Kier alpha value is -2.12. The lowest BCUT2D eigenvalue weighted by Crippen LogP contribution is -2.14. The van der Waals surface area contributed by atoms with Crippen molar-refractivity contribution in [3.63, 3.8) is 0 Å². The van der Waals surface area contributed by atoms with Crippen molar-refractivity contribution in [1.82, 2.24) is 15.2 Å². The van der Waals surface area contributed by atoms with Crippen LogP contribution in [0.5, 0.6) is 0 Å². The third kappa shape index (κ3) is 3.06. The van der Waals surface area contributed by atoms with E-state index in [-0.39, 0.29) is 12.3 Å². The van der Waals surface area contributed by atoms with Gasteiger partial charge in [0.2, 0.25) is 11.0 Å². The molecule has 2 aromatic heterocycles. The van der Waals surface area contributed by atoms with Crippen molar-refractivity contribution in [2.75, 3.05) is 5.32 Å². The molecule has 0 saturated carbocycles. The normalized spacial score (nSPS) is 10.4. The van der Waals surface area contributed by atoms with E-state index in [0.29, 0.717) is 5.13 Å². The topological polar surface area (TPSA) is 67.8 Å². The van der Waals surface area contributed by atoms with Crippen molar-refractivity contribution < 1.29 is 4.79 Å². The fourth-order valence-corrected chi connectivity index (χ4v) is 2.94. The molecule has 1 amide bonds. The molecule has 1 N–H and O–H groups in total. The molecule has 0 aliphatic carbocycles. The molecule has 100 valence electrons. The largest absolute Gasteiger partial charge is 0.300 e. The lowest BCUT2D eigenvalue weighted by molar-refractivity contribution is -0.115. The summed E-state index contributed by atoms with van der Waals surface area (Å²) in [6.45, 7) is 0. The molecule has 2 heterocycles. The third-order valence-corrected chi connectivity index (χ3v) is 4.07. The van der Waals surface area contributed by atoms with Crippen molar-refractivity contribution in [2.24, 2.45) is 0 Å². The molecule has 0 spiro atoms. The summed E-state index contributed by atoms with van der Waals surface area (Å²) in [4.78, 5) is 16.3. The van der Waals surface area contributed by atoms with Gasteiger partial charge in [-0.15, -0.1) is 21.5 Å². The van der Waals surface area contributed by atoms with Crippen LogP contribution in [0.15, 0.2) is 41.2 Å². The number of nitrogens with zero attached hydrogens (tertiary/aromatic N) is 3. The number of aromatic nitrogens is 3. The van der Waals surface area contributed by atoms with Crippen LogP contribution in [0.3, 0.4) is 0 Å². The summed E-state index contributed by atoms with van der Waals surface area (Å²) in [5.74, 6) is -0.133. The lowest BCUT2D eigenvalue weighted by atomic mass is 10.2. The first-order chi connectivity index (χ1) is 9.81. The van der Waals surface area contributed by atoms with Crippen molar-refractivity contribution in [3.05, 3.63) is 46.9 Å². The average molecular weight is 302 g/mol. The van der Waals surface area contributed by atoms with E-state index in [1.807, 2.05) is 35.7 Å². The summed E-state index contributed by atoms with van der Waals surface area (Å²) < 4.78 is 0. The Balaban J connectivity index is 1.67. The van der Waals surface area contributed by atoms with Gasteiger partial charge in [0.1, 0.15) is 10.5 Å². The molecular formula is C13H10N4OS2. The zero-order chi connectivity index (χ0) is 13.8. The molecule has 0 bridgehead atoms. The van der Waals surface area contributed by atoms with E-state index >= 15 is 0 Å². The van der Waals surface area contributed by atoms with Gasteiger partial charge < -0.3 is 5.32 Å². The molecule has 0 aliphatic rings. The standard InChI is InChI=1S/C13H10N4OS2/c18-11(16-13-17-14-8-20-13)6-10-7-19-12(15-10)9-4-2-1-3-5-9/h1-5,7-8H,6H2,(H,16,17,18). The summed E-state index contributed by atoms with van der Waals surface area (Å²) in [6, 6.07) is 9.92. The Kier molecular flexibility index (Phi) is 3.80. The van der Waals surface area contributed by atoms with Crippen LogP contribution in [0, 0.1) is 0 Å². The summed E-state index contributed by atoms with van der Waals surface area (Å²) in [6.07, 6.45) is 0.239. The van der Waals surface area contributed by atoms with Gasteiger partial charge in [-0.2, -0.15) is 0 Å². The zero-order valence-corrected chi connectivity index (χ0v) is 11.9. The van der Waals surface area contributed by atoms with E-state index in [0.717, 1.165) is 16.3 Å². The van der Waals surface area contributed by atoms with Crippen LogP contribution in [0.1, 0.15) is 5.69 Å². The monoisotopic (exact) mass is 302 g/mol. The summed E-state index contributed by atoms with van der Waals surface area (Å²) in [5, 5.41) is 13.5. The van der Waals surface area contributed by atoms with Crippen LogP contribution in [0.2, 0.25) is 0 Å². The van der Waals surface area contributed by atoms with Crippen LogP contribution in [0.4, 0.5) is 5.13 Å². The highest BCUT2D eigenvalue weighted by atomic mass is 32.1. The molecule has 5 nitrogen and oxygen atoms in total. The molecule has 0 radical (unpaired) electrons. The first kappa shape index (κ1) is 12.9. The maximum atomic E-state index is 11.8. The number of thiazole rings is 1. The summed E-state index contributed by atoms with van der Waals surface area (Å²) in [7, 11) is 0. The highest BCUT2D eigenvalue weighted by Gasteiger charge is 2.10. The second kappa shape index (κ2) is 5.89. The third-order valence-electron chi connectivity index (χ3n) is 2.52. The SMILES string of the molecule is O=C(Cc1csc(-c2ccccc2)n1)Nc1nncs1. The van der Waals surface area contributed by atoms with Crippen LogP contribution >= 0.6 is 22.7 Å². The van der Waals surface area contributed by atoms with Crippen molar-refractivity contribution in [1.29, 1.82) is 0 Å². The van der Waals surface area contributed by atoms with Crippen molar-refractivity contribution >= 4 is 33.7 Å². The number of carbonyl (C=O) groups excluding carboxylic acids is 1. The summed E-state index contributed by atoms with van der Waals surface area (Å²) >= 11 is 2.83. The molecule has 3 aromatic rings. The Labute approximate surface area is 123 Å². The molecule has 20 heavy (non-hydrogen) atoms. The first-order valence-corrected chi connectivity index (χ1v) is 7.63. The van der Waals surface area contributed by atoms with E-state index in [2.05, 4.69) is 20.5 Å². The predicted molar refractivity (Wildman–Crippen MR) is 79.8 cm³/mol. The van der Waals surface area contributed by atoms with Gasteiger partial charge in [0, 0.05) is 10.9 Å². The van der Waals surface area contributed by atoms with E-state index in [4.69, 9.17) is 0 Å². The number of amides is 1. The number of hydrogen-bond acceptors (Lipinski definition) is 6. The van der Waals surface area contributed by atoms with E-state index in [1.54, 1.807) is 5.51 Å². The molecule has 0 atom stereocenters. The lowest BCUT2D eigenvalue weighted by Gasteiger charge is -1.98. The van der Waals surface area contributed by atoms with Gasteiger partial charge in [0.15, 0.2) is 0 Å². The van der Waals surface area contributed by atoms with Gasteiger partial charge in [-0.1, -0.05) is 41.7 Å². The second-order valence-corrected chi connectivity index (χ2v) is 5.67. The molecule has 0 saturated heterocycles. The molecule has 0 fully saturated rings. The van der Waals surface area contributed by atoms with Crippen LogP contribution in [-0.2, 0) is 11.2 Å². The molecule has 0 aliphatic heterocycles. The molecule has 1 aromatic carbocycles. The number of nitrogens with one attached hydrogen (secondary N) is 1. The van der Waals surface area contributed by atoms with E-state index in [9.17, 15) is 4.79 Å². The van der Waals surface area contributed by atoms with Gasteiger partial charge in [0.25, 0.3) is 0 Å². The predicted octanol–water partition coefficient (Wildman–Crippen LogP) is 2.84. The number of hydrogen-bond donors (Lipinski definition) is 1. The smallest absolute Gasteiger partial charge is 0.232 e. The Morgan fingerprint density at radius 1 is 1.20 bits per heavy atom. The van der Waals surface area contributed by atoms with Gasteiger partial charge in [-0.25, -0.2) is 4.98 Å². The van der Waals surface area contributed by atoms with Gasteiger partial charge in [0.05, 0.1) is 12.1 Å². The summed E-state index contributed by atoms with van der Waals surface area (Å²) in [5.41, 5.74) is 3.40. The number of rotatable bonds is 4. The van der Waals surface area contributed by atoms with Gasteiger partial charge >= 0.3 is 0 Å². The van der Waals surface area contributed by atoms with E-state index < -0.39 is 0 Å². The van der Waals surface area contributed by atoms with Gasteiger partial charge in [-0.3, -0.25) is 4.79 Å². The Morgan fingerprint density at radius 3 is 2.80 bits per heavy atom. The molecule has 0 unspecified atom stereocenters. The van der Waals surface area contributed by atoms with Crippen LogP contribution < -0.4 is 5.32 Å². The maximum absolute atomic E-state index is 11.8. The maximum Gasteiger partial charge on any atom is 0.232 e. The van der Waals surface area contributed by atoms with Crippen LogP contribution in [-0.4, -0.2) is 21.1 Å². The van der Waals surface area contributed by atoms with Crippen molar-refractivity contribution in [3.8, 4) is 10.6 Å². The highest BCUT2D eigenvalue weighted by molar-refractivity contribution is 7.13. The number of carbonyl (C=O) groups is 1. The first-order valence-electron chi connectivity index (χ1n) is 5.87. The minimum atomic E-state index is -0.133. The zero-order valence-electron chi connectivity index (χ0n) is 10.3. The van der Waals surface area contributed by atoms with E-state index in [1.165, 1.54) is 22.7 Å². The van der Waals surface area contributed by atoms with Crippen molar-refractivity contribution in [2.45, 2.75) is 6.42 Å². The van der Waals surface area contributed by atoms with Gasteiger partial charge in [-0.05, 0) is 0 Å². The fraction of sp³-hybridized carbons (Fsp3) is 0.0769. The van der Waals surface area contributed by atoms with Crippen LogP contribution in [0.25, 0.3) is 10.6 Å². The quantitative estimate of drug-likeness (QED) is 0.804. The minimum Gasteiger partial charge on any atom is -0.300 e. The Bertz CT molecular complexity index is 694. The molecule has 7 heteroatoms. The number of anilines is 1. The molecular weight excluding hydrogens is 292 g/mol. The number of benzene rings is 1. The minimum absolute atomic E-state index is 0.133. The Morgan fingerprint density at radius 2 is 2.05 bits per heavy atom. The average Bonchev–Trinajstić information content (AvgIpc) is 3.11. The highest BCUT2D eigenvalue weighted by Crippen LogP contribution is 2.23.